The van der Waals surface area contributed by atoms with E-state index in [1.54, 1.807) is 27.4 Å². The molecule has 1 saturated heterocycles. The predicted octanol–water partition coefficient (Wildman–Crippen LogP) is 3.92. The molecular formula is C22H25N3O5S. The number of hydrogen-bond acceptors (Lipinski definition) is 9. The number of methoxy groups -OCH3 is 3. The van der Waals surface area contributed by atoms with E-state index in [9.17, 15) is 4.79 Å². The summed E-state index contributed by atoms with van der Waals surface area (Å²) in [7, 11) is 4.68. The number of Topliss-reactive ketones (excluding diaryl/α,β-unsaturated/α-hetero) is 1. The fourth-order valence-corrected chi connectivity index (χ4v) is 4.67. The molecule has 0 N–H and O–H groups in total. The van der Waals surface area contributed by atoms with Crippen LogP contribution in [0.25, 0.3) is 11.4 Å². The molecule has 9 heteroatoms. The average molecular weight is 444 g/mol. The van der Waals surface area contributed by atoms with Crippen molar-refractivity contribution in [3.05, 3.63) is 40.4 Å². The molecule has 1 aliphatic heterocycles. The highest BCUT2D eigenvalue weighted by Crippen LogP contribution is 2.43. The number of thiophene rings is 1. The maximum atomic E-state index is 12.7. The van der Waals surface area contributed by atoms with Crippen molar-refractivity contribution < 1.29 is 23.5 Å². The first-order chi connectivity index (χ1) is 15.1. The molecule has 3 aromatic rings. The number of ketones is 1. The summed E-state index contributed by atoms with van der Waals surface area (Å²) in [5, 5.41) is 6.07. The van der Waals surface area contributed by atoms with Gasteiger partial charge in [-0.1, -0.05) is 11.2 Å². The van der Waals surface area contributed by atoms with E-state index in [-0.39, 0.29) is 11.7 Å². The second-order valence-electron chi connectivity index (χ2n) is 7.31. The molecule has 4 rings (SSSR count). The fraction of sp³-hybridized carbons (Fsp3) is 0.409. The van der Waals surface area contributed by atoms with Gasteiger partial charge in [0.25, 0.3) is 0 Å². The molecule has 1 aromatic carbocycles. The van der Waals surface area contributed by atoms with Crippen molar-refractivity contribution in [1.29, 1.82) is 0 Å². The Balaban J connectivity index is 1.49. The summed E-state index contributed by atoms with van der Waals surface area (Å²) in [4.78, 5) is 20.3. The molecule has 0 unspecified atom stereocenters. The van der Waals surface area contributed by atoms with Gasteiger partial charge in [-0.3, -0.25) is 9.69 Å². The molecule has 0 spiro atoms. The summed E-state index contributed by atoms with van der Waals surface area (Å²) in [5.74, 6) is 2.64. The summed E-state index contributed by atoms with van der Waals surface area (Å²) in [6, 6.07) is 7.40. The summed E-state index contributed by atoms with van der Waals surface area (Å²) < 4.78 is 21.8. The van der Waals surface area contributed by atoms with Crippen molar-refractivity contribution in [2.45, 2.75) is 19.4 Å². The molecule has 8 nitrogen and oxygen atoms in total. The summed E-state index contributed by atoms with van der Waals surface area (Å²) in [5.41, 5.74) is 0.652. The van der Waals surface area contributed by atoms with Crippen LogP contribution in [0, 0.1) is 5.92 Å². The van der Waals surface area contributed by atoms with Crippen LogP contribution in [0.5, 0.6) is 17.2 Å². The van der Waals surface area contributed by atoms with Gasteiger partial charge in [-0.2, -0.15) is 4.98 Å². The lowest BCUT2D eigenvalue weighted by Gasteiger charge is -2.30. The smallest absolute Gasteiger partial charge is 0.241 e. The van der Waals surface area contributed by atoms with Gasteiger partial charge in [0.05, 0.1) is 38.3 Å². The summed E-state index contributed by atoms with van der Waals surface area (Å²) in [6.07, 6.45) is 1.87. The van der Waals surface area contributed by atoms with Gasteiger partial charge < -0.3 is 18.7 Å². The Kier molecular flexibility index (Phi) is 6.53. The number of ether oxygens (including phenoxy) is 3. The van der Waals surface area contributed by atoms with E-state index in [2.05, 4.69) is 15.0 Å². The zero-order chi connectivity index (χ0) is 21.8. The van der Waals surface area contributed by atoms with Gasteiger partial charge in [0.2, 0.25) is 17.5 Å². The molecular weight excluding hydrogens is 418 g/mol. The van der Waals surface area contributed by atoms with Crippen molar-refractivity contribution in [1.82, 2.24) is 15.0 Å². The summed E-state index contributed by atoms with van der Waals surface area (Å²) >= 11 is 1.50. The van der Waals surface area contributed by atoms with E-state index in [1.165, 1.54) is 11.3 Å². The van der Waals surface area contributed by atoms with Crippen molar-refractivity contribution >= 4 is 17.1 Å². The highest BCUT2D eigenvalue weighted by molar-refractivity contribution is 7.12. The maximum absolute atomic E-state index is 12.7. The SMILES string of the molecule is COc1ccc(-c2noc(CN3CCC[C@@H](C(=O)c4cccs4)C3)n2)c(OC)c1OC. The topological polar surface area (TPSA) is 86.9 Å². The molecule has 0 bridgehead atoms. The maximum Gasteiger partial charge on any atom is 0.241 e. The molecule has 164 valence electrons. The normalized spacial score (nSPS) is 16.8. The first-order valence-corrected chi connectivity index (χ1v) is 10.9. The molecule has 1 fully saturated rings. The molecule has 0 aliphatic carbocycles. The van der Waals surface area contributed by atoms with Crippen molar-refractivity contribution in [2.24, 2.45) is 5.92 Å². The Morgan fingerprint density at radius 3 is 2.74 bits per heavy atom. The fourth-order valence-electron chi connectivity index (χ4n) is 3.93. The van der Waals surface area contributed by atoms with Crippen LogP contribution < -0.4 is 14.2 Å². The molecule has 3 heterocycles. The molecule has 1 atom stereocenters. The van der Waals surface area contributed by atoms with Gasteiger partial charge in [0.1, 0.15) is 0 Å². The second-order valence-corrected chi connectivity index (χ2v) is 8.26. The van der Waals surface area contributed by atoms with Gasteiger partial charge in [-0.15, -0.1) is 11.3 Å². The van der Waals surface area contributed by atoms with Crippen molar-refractivity contribution in [2.75, 3.05) is 34.4 Å². The van der Waals surface area contributed by atoms with Gasteiger partial charge >= 0.3 is 0 Å². The Morgan fingerprint density at radius 2 is 2.03 bits per heavy atom. The third kappa shape index (κ3) is 4.42. The predicted molar refractivity (Wildman–Crippen MR) is 116 cm³/mol. The number of hydrogen-bond donors (Lipinski definition) is 0. The van der Waals surface area contributed by atoms with E-state index in [0.717, 1.165) is 24.3 Å². The minimum absolute atomic E-state index is 0.000681. The van der Waals surface area contributed by atoms with Crippen LogP contribution in [0.3, 0.4) is 0 Å². The van der Waals surface area contributed by atoms with Crippen LogP contribution in [0.15, 0.2) is 34.2 Å². The largest absolute Gasteiger partial charge is 0.493 e. The number of rotatable bonds is 8. The van der Waals surface area contributed by atoms with E-state index in [0.29, 0.717) is 47.6 Å². The van der Waals surface area contributed by atoms with Gasteiger partial charge in [0, 0.05) is 12.5 Å². The van der Waals surface area contributed by atoms with E-state index in [4.69, 9.17) is 18.7 Å². The lowest BCUT2D eigenvalue weighted by atomic mass is 9.93. The van der Waals surface area contributed by atoms with Crippen LogP contribution >= 0.6 is 11.3 Å². The number of benzene rings is 1. The Morgan fingerprint density at radius 1 is 1.19 bits per heavy atom. The molecule has 31 heavy (non-hydrogen) atoms. The van der Waals surface area contributed by atoms with Crippen molar-refractivity contribution in [3.8, 4) is 28.6 Å². The number of nitrogens with zero attached hydrogens (tertiary/aromatic N) is 3. The standard InChI is InChI=1S/C22H25N3O5S/c1-27-16-9-8-15(20(28-2)21(16)29-3)22-23-18(30-24-22)13-25-10-4-6-14(12-25)19(26)17-7-5-11-31-17/h5,7-9,11,14H,4,6,10,12-13H2,1-3H3/t14-/m1/s1. The van der Waals surface area contributed by atoms with Gasteiger partial charge in [-0.25, -0.2) is 0 Å². The minimum atomic E-state index is 0.000681. The second kappa shape index (κ2) is 9.49. The van der Waals surface area contributed by atoms with Crippen LogP contribution in [-0.4, -0.2) is 55.2 Å². The number of likely N-dealkylation sites (tertiary alicyclic amines) is 1. The number of aromatic nitrogens is 2. The molecule has 0 radical (unpaired) electrons. The third-order valence-corrected chi connectivity index (χ3v) is 6.30. The van der Waals surface area contributed by atoms with Gasteiger partial charge in [0.15, 0.2) is 17.3 Å². The first kappa shape index (κ1) is 21.3. The highest BCUT2D eigenvalue weighted by atomic mass is 32.1. The lowest BCUT2D eigenvalue weighted by molar-refractivity contribution is 0.0801. The molecule has 0 saturated carbocycles. The zero-order valence-electron chi connectivity index (χ0n) is 17.8. The average Bonchev–Trinajstić information content (AvgIpc) is 3.50. The van der Waals surface area contributed by atoms with Crippen LogP contribution in [0.2, 0.25) is 0 Å². The van der Waals surface area contributed by atoms with E-state index in [1.807, 2.05) is 23.6 Å². The number of carbonyl (C=O) groups excluding carboxylic acids is 1. The molecule has 1 aliphatic rings. The Hall–Kier alpha value is -2.91. The third-order valence-electron chi connectivity index (χ3n) is 5.41. The Bertz CT molecular complexity index is 1030. The quantitative estimate of drug-likeness (QED) is 0.484. The van der Waals surface area contributed by atoms with Crippen LogP contribution in [-0.2, 0) is 6.54 Å². The lowest BCUT2D eigenvalue weighted by Crippen LogP contribution is -2.38. The summed E-state index contributed by atoms with van der Waals surface area (Å²) in [6.45, 7) is 2.08. The van der Waals surface area contributed by atoms with E-state index < -0.39 is 0 Å². The molecule has 0 amide bonds. The minimum Gasteiger partial charge on any atom is -0.493 e. The number of piperidine rings is 1. The van der Waals surface area contributed by atoms with Gasteiger partial charge in [-0.05, 0) is 43.0 Å². The van der Waals surface area contributed by atoms with Crippen LogP contribution in [0.4, 0.5) is 0 Å². The van der Waals surface area contributed by atoms with E-state index >= 15 is 0 Å². The zero-order valence-corrected chi connectivity index (χ0v) is 18.6. The molecule has 2 aromatic heterocycles. The van der Waals surface area contributed by atoms with Crippen LogP contribution in [0.1, 0.15) is 28.4 Å². The highest BCUT2D eigenvalue weighted by Gasteiger charge is 2.28. The first-order valence-electron chi connectivity index (χ1n) is 10.1. The monoisotopic (exact) mass is 443 g/mol. The number of carbonyl (C=O) groups is 1. The Labute approximate surface area is 184 Å². The van der Waals surface area contributed by atoms with Crippen molar-refractivity contribution in [3.63, 3.8) is 0 Å².